The summed E-state index contributed by atoms with van der Waals surface area (Å²) >= 11 is 0. The third-order valence-corrected chi connectivity index (χ3v) is 3.37. The highest BCUT2D eigenvalue weighted by Gasteiger charge is 2.06. The molecule has 1 aromatic heterocycles. The van der Waals surface area contributed by atoms with Gasteiger partial charge in [-0.05, 0) is 48.6 Å². The van der Waals surface area contributed by atoms with Crippen LogP contribution in [-0.4, -0.2) is 11.5 Å². The van der Waals surface area contributed by atoms with Crippen molar-refractivity contribution in [3.8, 4) is 11.6 Å². The topological polar surface area (TPSA) is 34.1 Å². The Morgan fingerprint density at radius 2 is 2.00 bits per heavy atom. The van der Waals surface area contributed by atoms with Crippen LogP contribution in [0.4, 0.5) is 5.82 Å². The summed E-state index contributed by atoms with van der Waals surface area (Å²) in [5.41, 5.74) is 2.61. The maximum atomic E-state index is 5.86. The SMILES string of the molecule is CCCNc1cccc(Oc2ccc(C(C)C)c(C)c2)n1. The second-order valence-electron chi connectivity index (χ2n) is 5.56. The van der Waals surface area contributed by atoms with Crippen molar-refractivity contribution in [2.75, 3.05) is 11.9 Å². The van der Waals surface area contributed by atoms with Gasteiger partial charge in [0.1, 0.15) is 11.6 Å². The Hall–Kier alpha value is -2.03. The average molecular weight is 284 g/mol. The minimum atomic E-state index is 0.527. The van der Waals surface area contributed by atoms with Gasteiger partial charge in [0.05, 0.1) is 0 Å². The van der Waals surface area contributed by atoms with Crippen molar-refractivity contribution in [1.82, 2.24) is 4.98 Å². The monoisotopic (exact) mass is 284 g/mol. The molecule has 21 heavy (non-hydrogen) atoms. The summed E-state index contributed by atoms with van der Waals surface area (Å²) in [6, 6.07) is 12.0. The molecule has 3 nitrogen and oxygen atoms in total. The van der Waals surface area contributed by atoms with Crippen molar-refractivity contribution in [2.24, 2.45) is 0 Å². The zero-order valence-electron chi connectivity index (χ0n) is 13.3. The number of hydrogen-bond donors (Lipinski definition) is 1. The van der Waals surface area contributed by atoms with Crippen molar-refractivity contribution >= 4 is 5.82 Å². The van der Waals surface area contributed by atoms with Crippen LogP contribution in [0, 0.1) is 6.92 Å². The van der Waals surface area contributed by atoms with Gasteiger partial charge >= 0.3 is 0 Å². The van der Waals surface area contributed by atoms with E-state index in [1.165, 1.54) is 11.1 Å². The maximum Gasteiger partial charge on any atom is 0.221 e. The fourth-order valence-electron chi connectivity index (χ4n) is 2.30. The lowest BCUT2D eigenvalue weighted by Gasteiger charge is -2.12. The van der Waals surface area contributed by atoms with E-state index in [-0.39, 0.29) is 0 Å². The predicted octanol–water partition coefficient (Wildman–Crippen LogP) is 5.13. The first-order chi connectivity index (χ1) is 10.1. The van der Waals surface area contributed by atoms with Gasteiger partial charge in [-0.3, -0.25) is 0 Å². The van der Waals surface area contributed by atoms with Crippen LogP contribution in [0.5, 0.6) is 11.6 Å². The van der Waals surface area contributed by atoms with Crippen LogP contribution in [0.3, 0.4) is 0 Å². The Balaban J connectivity index is 2.12. The molecule has 0 radical (unpaired) electrons. The second-order valence-corrected chi connectivity index (χ2v) is 5.56. The van der Waals surface area contributed by atoms with Crippen LogP contribution in [0.25, 0.3) is 0 Å². The Labute approximate surface area is 127 Å². The van der Waals surface area contributed by atoms with Crippen molar-refractivity contribution < 1.29 is 4.74 Å². The predicted molar refractivity (Wildman–Crippen MR) is 88.4 cm³/mol. The van der Waals surface area contributed by atoms with Gasteiger partial charge in [0.2, 0.25) is 5.88 Å². The first kappa shape index (κ1) is 15.4. The number of hydrogen-bond acceptors (Lipinski definition) is 3. The summed E-state index contributed by atoms with van der Waals surface area (Å²) < 4.78 is 5.86. The van der Waals surface area contributed by atoms with E-state index >= 15 is 0 Å². The van der Waals surface area contributed by atoms with Gasteiger partial charge < -0.3 is 10.1 Å². The molecule has 0 aliphatic heterocycles. The number of rotatable bonds is 6. The molecule has 0 bridgehead atoms. The molecule has 1 aromatic carbocycles. The molecular weight excluding hydrogens is 260 g/mol. The molecule has 0 atom stereocenters. The number of aryl methyl sites for hydroxylation is 1. The fraction of sp³-hybridized carbons (Fsp3) is 0.389. The summed E-state index contributed by atoms with van der Waals surface area (Å²) in [4.78, 5) is 4.46. The number of ether oxygens (including phenoxy) is 1. The first-order valence-electron chi connectivity index (χ1n) is 7.59. The van der Waals surface area contributed by atoms with Crippen LogP contribution < -0.4 is 10.1 Å². The summed E-state index contributed by atoms with van der Waals surface area (Å²) in [6.07, 6.45) is 1.07. The molecular formula is C18H24N2O. The van der Waals surface area contributed by atoms with Crippen LogP contribution in [0.15, 0.2) is 36.4 Å². The number of aromatic nitrogens is 1. The number of benzene rings is 1. The van der Waals surface area contributed by atoms with Crippen LogP contribution in [-0.2, 0) is 0 Å². The highest BCUT2D eigenvalue weighted by molar-refractivity contribution is 5.40. The van der Waals surface area contributed by atoms with E-state index in [0.717, 1.165) is 24.5 Å². The third-order valence-electron chi connectivity index (χ3n) is 3.37. The Bertz CT molecular complexity index is 594. The van der Waals surface area contributed by atoms with Gasteiger partial charge in [-0.15, -0.1) is 0 Å². The first-order valence-corrected chi connectivity index (χ1v) is 7.59. The van der Waals surface area contributed by atoms with Gasteiger partial charge in [-0.1, -0.05) is 32.9 Å². The number of anilines is 1. The molecule has 0 saturated heterocycles. The van der Waals surface area contributed by atoms with Crippen LogP contribution >= 0.6 is 0 Å². The standard InChI is InChI=1S/C18H24N2O/c1-5-11-19-17-7-6-8-18(20-17)21-15-9-10-16(13(2)3)14(4)12-15/h6-10,12-13H,5,11H2,1-4H3,(H,19,20). The molecule has 0 saturated carbocycles. The highest BCUT2D eigenvalue weighted by Crippen LogP contribution is 2.26. The van der Waals surface area contributed by atoms with E-state index < -0.39 is 0 Å². The molecule has 0 fully saturated rings. The molecule has 2 aromatic rings. The lowest BCUT2D eigenvalue weighted by molar-refractivity contribution is 0.463. The molecule has 0 aliphatic carbocycles. The number of nitrogens with zero attached hydrogens (tertiary/aromatic N) is 1. The molecule has 0 spiro atoms. The van der Waals surface area contributed by atoms with Crippen molar-refractivity contribution in [3.63, 3.8) is 0 Å². The fourth-order valence-corrected chi connectivity index (χ4v) is 2.30. The summed E-state index contributed by atoms with van der Waals surface area (Å²) in [6.45, 7) is 9.57. The van der Waals surface area contributed by atoms with E-state index in [1.807, 2.05) is 24.3 Å². The molecule has 112 valence electrons. The molecule has 2 rings (SSSR count). The lowest BCUT2D eigenvalue weighted by atomic mass is 9.98. The Morgan fingerprint density at radius 1 is 1.19 bits per heavy atom. The normalized spacial score (nSPS) is 10.7. The van der Waals surface area contributed by atoms with E-state index in [1.54, 1.807) is 0 Å². The van der Waals surface area contributed by atoms with Gasteiger partial charge in [-0.25, -0.2) is 0 Å². The molecule has 0 amide bonds. The van der Waals surface area contributed by atoms with Gasteiger partial charge in [-0.2, -0.15) is 4.98 Å². The van der Waals surface area contributed by atoms with Crippen LogP contribution in [0.2, 0.25) is 0 Å². The zero-order chi connectivity index (χ0) is 15.2. The molecule has 1 N–H and O–H groups in total. The molecule has 0 aliphatic rings. The average Bonchev–Trinajstić information content (AvgIpc) is 2.45. The summed E-state index contributed by atoms with van der Waals surface area (Å²) in [7, 11) is 0. The number of pyridine rings is 1. The zero-order valence-corrected chi connectivity index (χ0v) is 13.3. The smallest absolute Gasteiger partial charge is 0.221 e. The highest BCUT2D eigenvalue weighted by atomic mass is 16.5. The Kier molecular flexibility index (Phi) is 5.20. The van der Waals surface area contributed by atoms with Gasteiger partial charge in [0.25, 0.3) is 0 Å². The molecule has 0 unspecified atom stereocenters. The van der Waals surface area contributed by atoms with Crippen molar-refractivity contribution in [1.29, 1.82) is 0 Å². The Morgan fingerprint density at radius 3 is 2.67 bits per heavy atom. The van der Waals surface area contributed by atoms with E-state index in [9.17, 15) is 0 Å². The van der Waals surface area contributed by atoms with E-state index in [0.29, 0.717) is 11.8 Å². The number of nitrogens with one attached hydrogen (secondary N) is 1. The largest absolute Gasteiger partial charge is 0.439 e. The minimum absolute atomic E-state index is 0.527. The van der Waals surface area contributed by atoms with E-state index in [2.05, 4.69) is 50.1 Å². The maximum absolute atomic E-state index is 5.86. The van der Waals surface area contributed by atoms with E-state index in [4.69, 9.17) is 4.74 Å². The molecule has 1 heterocycles. The van der Waals surface area contributed by atoms with Gasteiger partial charge in [0, 0.05) is 12.6 Å². The lowest BCUT2D eigenvalue weighted by Crippen LogP contribution is -2.02. The quantitative estimate of drug-likeness (QED) is 0.798. The minimum Gasteiger partial charge on any atom is -0.439 e. The summed E-state index contributed by atoms with van der Waals surface area (Å²) in [5.74, 6) is 2.83. The molecule has 3 heteroatoms. The van der Waals surface area contributed by atoms with Gasteiger partial charge in [0.15, 0.2) is 0 Å². The second kappa shape index (κ2) is 7.11. The van der Waals surface area contributed by atoms with Crippen molar-refractivity contribution in [3.05, 3.63) is 47.5 Å². The van der Waals surface area contributed by atoms with Crippen LogP contribution in [0.1, 0.15) is 44.2 Å². The summed E-state index contributed by atoms with van der Waals surface area (Å²) in [5, 5.41) is 3.26. The third kappa shape index (κ3) is 4.22. The van der Waals surface area contributed by atoms with Crippen molar-refractivity contribution in [2.45, 2.75) is 40.0 Å².